The predicted octanol–water partition coefficient (Wildman–Crippen LogP) is 18.8. The van der Waals surface area contributed by atoms with Gasteiger partial charge in [-0.1, -0.05) is 198 Å². The maximum Gasteiger partial charge on any atom is 0.0726 e. The second-order valence-corrected chi connectivity index (χ2v) is 26.5. The summed E-state index contributed by atoms with van der Waals surface area (Å²) < 4.78 is 0. The monoisotopic (exact) mass is 918 g/mol. The van der Waals surface area contributed by atoms with Gasteiger partial charge in [-0.05, 0) is 192 Å². The second-order valence-electron chi connectivity index (χ2n) is 26.5. The molecule has 0 saturated heterocycles. The first kappa shape index (κ1) is 45.5. The number of rotatable bonds is 4. The Balaban J connectivity index is 1.30. The molecule has 7 aromatic carbocycles. The fourth-order valence-corrected chi connectivity index (χ4v) is 14.9. The van der Waals surface area contributed by atoms with Gasteiger partial charge >= 0.3 is 0 Å². The van der Waals surface area contributed by atoms with Crippen molar-refractivity contribution >= 4 is 17.1 Å². The number of aryl methyl sites for hydroxylation is 2. The lowest BCUT2D eigenvalue weighted by atomic mass is 9.61. The fourth-order valence-electron chi connectivity index (χ4n) is 14.9. The van der Waals surface area contributed by atoms with Crippen LogP contribution in [0.4, 0.5) is 17.1 Å². The molecule has 0 bridgehead atoms. The molecule has 0 aromatic heterocycles. The van der Waals surface area contributed by atoms with Crippen LogP contribution in [0.15, 0.2) is 127 Å². The van der Waals surface area contributed by atoms with Crippen molar-refractivity contribution in [1.29, 1.82) is 0 Å². The molecule has 1 heteroatoms. The molecule has 356 valence electrons. The van der Waals surface area contributed by atoms with Crippen molar-refractivity contribution in [2.75, 3.05) is 4.90 Å². The highest BCUT2D eigenvalue weighted by Crippen LogP contribution is 2.66. The highest BCUT2D eigenvalue weighted by atomic mass is 15.2. The van der Waals surface area contributed by atoms with Crippen molar-refractivity contribution in [3.63, 3.8) is 0 Å². The molecule has 0 amide bonds. The Kier molecular flexibility index (Phi) is 9.56. The van der Waals surface area contributed by atoms with E-state index >= 15 is 0 Å². The Labute approximate surface area is 420 Å². The number of hydrogen-bond acceptors (Lipinski definition) is 1. The first-order chi connectivity index (χ1) is 33.0. The number of nitrogens with zero attached hydrogens (tertiary/aromatic N) is 1. The van der Waals surface area contributed by atoms with E-state index in [9.17, 15) is 0 Å². The van der Waals surface area contributed by atoms with Gasteiger partial charge < -0.3 is 4.90 Å². The highest BCUT2D eigenvalue weighted by Gasteiger charge is 2.53. The molecule has 12 rings (SSSR count). The molecule has 5 aliphatic carbocycles. The molecule has 0 N–H and O–H groups in total. The molecule has 0 aliphatic heterocycles. The third-order valence-electron chi connectivity index (χ3n) is 19.3. The van der Waals surface area contributed by atoms with Crippen LogP contribution in [0.3, 0.4) is 0 Å². The fraction of sp³-hybridized carbons (Fsp3) is 0.391. The first-order valence-electron chi connectivity index (χ1n) is 26.7. The molecule has 0 fully saturated rings. The average Bonchev–Trinajstić information content (AvgIpc) is 3.78. The summed E-state index contributed by atoms with van der Waals surface area (Å²) in [7, 11) is 0. The average molecular weight is 918 g/mol. The summed E-state index contributed by atoms with van der Waals surface area (Å²) in [4.78, 5) is 2.89. The summed E-state index contributed by atoms with van der Waals surface area (Å²) in [6.07, 6.45) is 6.99. The number of benzene rings is 7. The number of fused-ring (bicyclic) bond motifs is 13. The van der Waals surface area contributed by atoms with Crippen molar-refractivity contribution < 1.29 is 0 Å². The topological polar surface area (TPSA) is 3.24 Å². The third kappa shape index (κ3) is 6.15. The van der Waals surface area contributed by atoms with Crippen LogP contribution in [0.25, 0.3) is 33.4 Å². The van der Waals surface area contributed by atoms with E-state index in [1.54, 1.807) is 0 Å². The van der Waals surface area contributed by atoms with E-state index in [4.69, 9.17) is 0 Å². The SMILES string of the molecule is Cc1ccc2c(c1N(c1cc3c(cc1-c1ccc4c(c1)C(C)(C)CCC4(C)C)-c1ccccc1C31c3ccccc3-c3ccccc31)c1c(C)ccc3c1C(C)(C)CCC3(C)C)C(C)(C)CCC2(C)C. The zero-order valence-corrected chi connectivity index (χ0v) is 44.8. The zero-order chi connectivity index (χ0) is 49.3. The van der Waals surface area contributed by atoms with Crippen LogP contribution in [0.1, 0.15) is 188 Å². The van der Waals surface area contributed by atoms with Gasteiger partial charge in [-0.2, -0.15) is 0 Å². The van der Waals surface area contributed by atoms with E-state index in [1.165, 1.54) is 143 Å². The first-order valence-corrected chi connectivity index (χ1v) is 26.7. The summed E-state index contributed by atoms with van der Waals surface area (Å²) in [5.74, 6) is 0. The largest absolute Gasteiger partial charge is 0.309 e. The van der Waals surface area contributed by atoms with Gasteiger partial charge in [0.05, 0.1) is 22.5 Å². The molecule has 5 aliphatic rings. The summed E-state index contributed by atoms with van der Waals surface area (Å²) in [5.41, 5.74) is 28.9. The van der Waals surface area contributed by atoms with Crippen LogP contribution in [0.5, 0.6) is 0 Å². The lowest BCUT2D eigenvalue weighted by Crippen LogP contribution is -2.38. The smallest absolute Gasteiger partial charge is 0.0726 e. The summed E-state index contributed by atoms with van der Waals surface area (Å²) >= 11 is 0. The minimum Gasteiger partial charge on any atom is -0.309 e. The lowest BCUT2D eigenvalue weighted by molar-refractivity contribution is 0.331. The Morgan fingerprint density at radius 2 is 0.700 bits per heavy atom. The molecule has 7 aromatic rings. The van der Waals surface area contributed by atoms with E-state index in [0.717, 1.165) is 12.8 Å². The number of hydrogen-bond donors (Lipinski definition) is 0. The van der Waals surface area contributed by atoms with Crippen molar-refractivity contribution in [2.24, 2.45) is 0 Å². The van der Waals surface area contributed by atoms with Gasteiger partial charge in [0.2, 0.25) is 0 Å². The van der Waals surface area contributed by atoms with Crippen LogP contribution in [0.2, 0.25) is 0 Å². The van der Waals surface area contributed by atoms with Crippen molar-refractivity contribution in [1.82, 2.24) is 0 Å². The van der Waals surface area contributed by atoms with E-state index in [0.29, 0.717) is 0 Å². The Bertz CT molecular complexity index is 3230. The van der Waals surface area contributed by atoms with Crippen LogP contribution in [0, 0.1) is 13.8 Å². The van der Waals surface area contributed by atoms with Gasteiger partial charge in [0.1, 0.15) is 0 Å². The minimum absolute atomic E-state index is 0.0337. The van der Waals surface area contributed by atoms with E-state index in [2.05, 4.69) is 229 Å². The summed E-state index contributed by atoms with van der Waals surface area (Å²) in [6.45, 7) is 34.9. The van der Waals surface area contributed by atoms with Gasteiger partial charge in [-0.25, -0.2) is 0 Å². The van der Waals surface area contributed by atoms with Gasteiger partial charge in [0, 0.05) is 5.56 Å². The Morgan fingerprint density at radius 3 is 1.17 bits per heavy atom. The second kappa shape index (κ2) is 14.7. The molecular weight excluding hydrogens is 843 g/mol. The maximum atomic E-state index is 2.89. The van der Waals surface area contributed by atoms with E-state index in [-0.39, 0.29) is 32.5 Å². The molecule has 0 unspecified atom stereocenters. The number of anilines is 3. The Hall–Kier alpha value is -5.66. The van der Waals surface area contributed by atoms with Crippen molar-refractivity contribution in [2.45, 2.75) is 173 Å². The highest BCUT2D eigenvalue weighted by molar-refractivity contribution is 6.01. The molecular formula is C69H75N. The van der Waals surface area contributed by atoms with E-state index < -0.39 is 5.41 Å². The maximum absolute atomic E-state index is 2.89. The summed E-state index contributed by atoms with van der Waals surface area (Å²) in [5, 5.41) is 0. The standard InChI is InChI=1S/C69H75N/c1-42-27-30-54-59(67(11,12)37-35-64(54,5)6)61(42)70(62-43(2)28-31-55-60(62)68(13,14)38-36-65(55,7)8)58-41-56-49(40-48(58)44-29-32-53-57(39-44)66(9,10)34-33-63(53,3)4)47-23-17-20-26-52(47)69(56)50-24-18-15-21-45(50)46-22-16-19-25-51(46)69/h15-32,39-41H,33-38H2,1-14H3. The molecule has 0 saturated carbocycles. The van der Waals surface area contributed by atoms with Crippen molar-refractivity contribution in [3.05, 3.63) is 194 Å². The van der Waals surface area contributed by atoms with Gasteiger partial charge in [-0.3, -0.25) is 0 Å². The van der Waals surface area contributed by atoms with Crippen LogP contribution < -0.4 is 4.90 Å². The zero-order valence-electron chi connectivity index (χ0n) is 44.8. The van der Waals surface area contributed by atoms with Crippen molar-refractivity contribution in [3.8, 4) is 33.4 Å². The Morgan fingerprint density at radius 1 is 0.314 bits per heavy atom. The third-order valence-corrected chi connectivity index (χ3v) is 19.3. The molecule has 0 radical (unpaired) electrons. The van der Waals surface area contributed by atoms with Crippen LogP contribution in [-0.4, -0.2) is 0 Å². The quantitative estimate of drug-likeness (QED) is 0.170. The predicted molar refractivity (Wildman–Crippen MR) is 298 cm³/mol. The van der Waals surface area contributed by atoms with Crippen LogP contribution >= 0.6 is 0 Å². The molecule has 1 spiro atoms. The van der Waals surface area contributed by atoms with Crippen LogP contribution in [-0.2, 0) is 37.9 Å². The minimum atomic E-state index is -0.487. The van der Waals surface area contributed by atoms with Gasteiger partial charge in [-0.15, -0.1) is 0 Å². The van der Waals surface area contributed by atoms with Gasteiger partial charge in [0.25, 0.3) is 0 Å². The molecule has 0 atom stereocenters. The molecule has 0 heterocycles. The molecule has 1 nitrogen and oxygen atoms in total. The normalized spacial score (nSPS) is 20.3. The van der Waals surface area contributed by atoms with E-state index in [1.807, 2.05) is 0 Å². The van der Waals surface area contributed by atoms with Gasteiger partial charge in [0.15, 0.2) is 0 Å². The lowest BCUT2D eigenvalue weighted by Gasteiger charge is -2.48. The molecule has 70 heavy (non-hydrogen) atoms. The summed E-state index contributed by atoms with van der Waals surface area (Å²) in [6, 6.07) is 51.1.